The molecule has 8 heteroatoms. The second-order valence-corrected chi connectivity index (χ2v) is 8.39. The number of hydrogen-bond donors (Lipinski definition) is 2. The molecule has 0 aromatic heterocycles. The van der Waals surface area contributed by atoms with Crippen LogP contribution in [0.4, 0.5) is 18.9 Å². The Balaban J connectivity index is 1.52. The Bertz CT molecular complexity index is 704. The van der Waals surface area contributed by atoms with E-state index in [9.17, 15) is 18.0 Å². The second kappa shape index (κ2) is 10.0. The third kappa shape index (κ3) is 5.66. The summed E-state index contributed by atoms with van der Waals surface area (Å²) in [4.78, 5) is 16.8. The van der Waals surface area contributed by atoms with Crippen LogP contribution in [0, 0.1) is 5.92 Å². The minimum atomic E-state index is -4.34. The van der Waals surface area contributed by atoms with E-state index in [2.05, 4.69) is 29.4 Å². The fourth-order valence-electron chi connectivity index (χ4n) is 4.36. The molecule has 2 fully saturated rings. The molecule has 1 amide bonds. The summed E-state index contributed by atoms with van der Waals surface area (Å²) in [6.07, 6.45) is 0.955. The molecule has 0 bridgehead atoms. The van der Waals surface area contributed by atoms with Gasteiger partial charge in [-0.25, -0.2) is 0 Å². The van der Waals surface area contributed by atoms with Crippen molar-refractivity contribution < 1.29 is 18.0 Å². The van der Waals surface area contributed by atoms with Gasteiger partial charge in [0.25, 0.3) is 0 Å². The summed E-state index contributed by atoms with van der Waals surface area (Å²) in [6, 6.07) is 5.59. The van der Waals surface area contributed by atoms with Crippen LogP contribution in [-0.4, -0.2) is 49.3 Å². The van der Waals surface area contributed by atoms with Gasteiger partial charge in [0, 0.05) is 37.9 Å². The van der Waals surface area contributed by atoms with Crippen molar-refractivity contribution in [3.05, 3.63) is 29.8 Å². The van der Waals surface area contributed by atoms with Crippen LogP contribution in [0.1, 0.15) is 51.5 Å². The smallest absolute Gasteiger partial charge is 0.369 e. The average Bonchev–Trinajstić information content (AvgIpc) is 2.72. The van der Waals surface area contributed by atoms with Crippen molar-refractivity contribution in [3.63, 3.8) is 0 Å². The Morgan fingerprint density at radius 3 is 2.47 bits per heavy atom. The minimum Gasteiger partial charge on any atom is -0.369 e. The maximum Gasteiger partial charge on any atom is 0.416 e. The highest BCUT2D eigenvalue weighted by Crippen LogP contribution is 2.32. The van der Waals surface area contributed by atoms with Gasteiger partial charge in [0.15, 0.2) is 0 Å². The zero-order valence-electron chi connectivity index (χ0n) is 17.8. The molecular formula is C22H33F3N4O. The summed E-state index contributed by atoms with van der Waals surface area (Å²) >= 11 is 0. The van der Waals surface area contributed by atoms with Gasteiger partial charge >= 0.3 is 6.18 Å². The third-order valence-corrected chi connectivity index (χ3v) is 6.23. The number of unbranched alkanes of at least 4 members (excludes halogenated alkanes) is 3. The number of amides is 1. The lowest BCUT2D eigenvalue weighted by Gasteiger charge is -2.45. The van der Waals surface area contributed by atoms with Crippen LogP contribution >= 0.6 is 0 Å². The van der Waals surface area contributed by atoms with Crippen molar-refractivity contribution in [2.75, 3.05) is 31.1 Å². The molecule has 1 aromatic rings. The number of hydrogen-bond acceptors (Lipinski definition) is 4. The van der Waals surface area contributed by atoms with Crippen molar-refractivity contribution in [1.82, 2.24) is 15.5 Å². The van der Waals surface area contributed by atoms with Gasteiger partial charge < -0.3 is 10.2 Å². The van der Waals surface area contributed by atoms with Gasteiger partial charge in [-0.2, -0.15) is 13.2 Å². The zero-order valence-corrected chi connectivity index (χ0v) is 17.8. The molecular weight excluding hydrogens is 393 g/mol. The fourth-order valence-corrected chi connectivity index (χ4v) is 4.36. The van der Waals surface area contributed by atoms with Gasteiger partial charge in [-0.1, -0.05) is 38.7 Å². The molecule has 0 spiro atoms. The molecule has 2 N–H and O–H groups in total. The second-order valence-electron chi connectivity index (χ2n) is 8.39. The Morgan fingerprint density at radius 2 is 1.83 bits per heavy atom. The number of carbonyl (C=O) groups is 1. The molecule has 2 aliphatic rings. The van der Waals surface area contributed by atoms with Gasteiger partial charge in [-0.15, -0.1) is 0 Å². The molecule has 0 saturated carbocycles. The summed E-state index contributed by atoms with van der Waals surface area (Å²) in [5, 5.41) is 6.62. The maximum absolute atomic E-state index is 13.0. The first-order chi connectivity index (χ1) is 14.3. The molecule has 0 aliphatic carbocycles. The number of rotatable bonds is 7. The van der Waals surface area contributed by atoms with Crippen LogP contribution in [-0.2, 0) is 11.0 Å². The van der Waals surface area contributed by atoms with Crippen LogP contribution in [0.25, 0.3) is 0 Å². The molecule has 30 heavy (non-hydrogen) atoms. The monoisotopic (exact) mass is 426 g/mol. The highest BCUT2D eigenvalue weighted by atomic mass is 19.4. The topological polar surface area (TPSA) is 47.6 Å². The van der Waals surface area contributed by atoms with Crippen LogP contribution in [0.2, 0.25) is 0 Å². The molecule has 5 nitrogen and oxygen atoms in total. The van der Waals surface area contributed by atoms with E-state index in [0.717, 1.165) is 25.3 Å². The van der Waals surface area contributed by atoms with Crippen LogP contribution in [0.15, 0.2) is 24.3 Å². The number of piperazine rings is 1. The first kappa shape index (κ1) is 22.9. The van der Waals surface area contributed by atoms with Gasteiger partial charge in [0.1, 0.15) is 6.29 Å². The number of benzene rings is 1. The van der Waals surface area contributed by atoms with E-state index in [4.69, 9.17) is 0 Å². The normalized spacial score (nSPS) is 26.0. The Labute approximate surface area is 177 Å². The van der Waals surface area contributed by atoms with Crippen LogP contribution in [0.5, 0.6) is 0 Å². The highest BCUT2D eigenvalue weighted by molar-refractivity contribution is 5.80. The maximum atomic E-state index is 13.0. The average molecular weight is 427 g/mol. The SMILES string of the molecule is CCCCCCC1C(=O)NC(N2CCN(c3cccc(C(F)(F)F)c3)CC2)NC1C. The highest BCUT2D eigenvalue weighted by Gasteiger charge is 2.36. The molecule has 0 radical (unpaired) electrons. The summed E-state index contributed by atoms with van der Waals surface area (Å²) in [5.74, 6) is 0.0903. The molecule has 2 saturated heterocycles. The van der Waals surface area contributed by atoms with Crippen LogP contribution < -0.4 is 15.5 Å². The first-order valence-corrected chi connectivity index (χ1v) is 11.0. The molecule has 3 rings (SSSR count). The van der Waals surface area contributed by atoms with Crippen molar-refractivity contribution in [2.24, 2.45) is 5.92 Å². The third-order valence-electron chi connectivity index (χ3n) is 6.23. The van der Waals surface area contributed by atoms with Crippen molar-refractivity contribution in [1.29, 1.82) is 0 Å². The Kier molecular flexibility index (Phi) is 7.63. The number of nitrogens with zero attached hydrogens (tertiary/aromatic N) is 2. The molecule has 2 aliphatic heterocycles. The van der Waals surface area contributed by atoms with E-state index in [1.165, 1.54) is 25.0 Å². The number of halogens is 3. The van der Waals surface area contributed by atoms with E-state index in [1.807, 2.05) is 4.90 Å². The number of alkyl halides is 3. The molecule has 2 heterocycles. The summed E-state index contributed by atoms with van der Waals surface area (Å²) in [7, 11) is 0. The summed E-state index contributed by atoms with van der Waals surface area (Å²) < 4.78 is 39.0. The van der Waals surface area contributed by atoms with E-state index in [1.54, 1.807) is 6.07 Å². The molecule has 1 aromatic carbocycles. The zero-order chi connectivity index (χ0) is 21.7. The molecule has 3 atom stereocenters. The predicted octanol–water partition coefficient (Wildman–Crippen LogP) is 3.81. The molecule has 168 valence electrons. The van der Waals surface area contributed by atoms with Gasteiger partial charge in [-0.3, -0.25) is 15.0 Å². The lowest BCUT2D eigenvalue weighted by atomic mass is 9.91. The van der Waals surface area contributed by atoms with Gasteiger partial charge in [-0.05, 0) is 31.5 Å². The minimum absolute atomic E-state index is 0.00972. The van der Waals surface area contributed by atoms with Gasteiger partial charge in [0.2, 0.25) is 5.91 Å². The van der Waals surface area contributed by atoms with E-state index in [0.29, 0.717) is 31.9 Å². The van der Waals surface area contributed by atoms with E-state index >= 15 is 0 Å². The van der Waals surface area contributed by atoms with E-state index < -0.39 is 11.7 Å². The first-order valence-electron chi connectivity index (χ1n) is 11.0. The Morgan fingerprint density at radius 1 is 1.10 bits per heavy atom. The predicted molar refractivity (Wildman–Crippen MR) is 112 cm³/mol. The van der Waals surface area contributed by atoms with E-state index in [-0.39, 0.29) is 24.2 Å². The Hall–Kier alpha value is -1.80. The van der Waals surface area contributed by atoms with Crippen molar-refractivity contribution in [2.45, 2.75) is 64.5 Å². The summed E-state index contributed by atoms with van der Waals surface area (Å²) in [6.45, 7) is 6.81. The largest absolute Gasteiger partial charge is 0.416 e. The van der Waals surface area contributed by atoms with Crippen molar-refractivity contribution in [3.8, 4) is 0 Å². The fraction of sp³-hybridized carbons (Fsp3) is 0.682. The van der Waals surface area contributed by atoms with Crippen LogP contribution in [0.3, 0.4) is 0 Å². The van der Waals surface area contributed by atoms with Gasteiger partial charge in [0.05, 0.1) is 11.5 Å². The van der Waals surface area contributed by atoms with Crippen molar-refractivity contribution >= 4 is 11.6 Å². The number of carbonyl (C=O) groups excluding carboxylic acids is 1. The standard InChI is InChI=1S/C22H33F3N4O/c1-3-4-5-6-10-19-16(2)26-21(27-20(19)30)29-13-11-28(12-14-29)18-9-7-8-17(15-18)22(23,24)25/h7-9,15-16,19,21,26H,3-6,10-14H2,1-2H3,(H,27,30). The quantitative estimate of drug-likeness (QED) is 0.651. The molecule has 3 unspecified atom stereocenters. The number of anilines is 1. The summed E-state index contributed by atoms with van der Waals surface area (Å²) in [5.41, 5.74) is -0.0342. The lowest BCUT2D eigenvalue weighted by Crippen LogP contribution is -2.68. The lowest BCUT2D eigenvalue weighted by molar-refractivity contribution is -0.137. The number of nitrogens with one attached hydrogen (secondary N) is 2.